The predicted molar refractivity (Wildman–Crippen MR) is 82.2 cm³/mol. The van der Waals surface area contributed by atoms with Crippen LogP contribution >= 0.6 is 11.6 Å². The van der Waals surface area contributed by atoms with E-state index in [1.54, 1.807) is 18.5 Å². The van der Waals surface area contributed by atoms with Gasteiger partial charge in [-0.15, -0.1) is 0 Å². The third-order valence-corrected chi connectivity index (χ3v) is 3.74. The second kappa shape index (κ2) is 5.17. The van der Waals surface area contributed by atoms with Gasteiger partial charge >= 0.3 is 0 Å². The van der Waals surface area contributed by atoms with Crippen molar-refractivity contribution in [2.75, 3.05) is 5.32 Å². The standard InChI is InChI=1S/C16H15ClN2O/c1-10-12-5-3-4-6-15(12)20-16(10)11(2)19-14-9-18-8-7-13(14)17/h3-9,11,19H,1-2H3. The molecule has 0 radical (unpaired) electrons. The molecule has 0 spiro atoms. The van der Waals surface area contributed by atoms with E-state index in [2.05, 4.69) is 23.3 Å². The maximum Gasteiger partial charge on any atom is 0.134 e. The molecule has 1 N–H and O–H groups in total. The molecule has 2 heterocycles. The lowest BCUT2D eigenvalue weighted by Crippen LogP contribution is -2.07. The number of halogens is 1. The highest BCUT2D eigenvalue weighted by molar-refractivity contribution is 6.33. The molecular formula is C16H15ClN2O. The predicted octanol–water partition coefficient (Wildman–Crippen LogP) is 4.96. The smallest absolute Gasteiger partial charge is 0.134 e. The number of hydrogen-bond donors (Lipinski definition) is 1. The van der Waals surface area contributed by atoms with E-state index in [0.29, 0.717) is 5.02 Å². The Hall–Kier alpha value is -2.00. The van der Waals surface area contributed by atoms with Crippen LogP contribution in [0.15, 0.2) is 47.1 Å². The van der Waals surface area contributed by atoms with Gasteiger partial charge in [0.05, 0.1) is 22.9 Å². The van der Waals surface area contributed by atoms with Crippen molar-refractivity contribution in [3.8, 4) is 0 Å². The number of rotatable bonds is 3. The van der Waals surface area contributed by atoms with Crippen LogP contribution in [0.25, 0.3) is 11.0 Å². The lowest BCUT2D eigenvalue weighted by atomic mass is 10.1. The minimum atomic E-state index is 0.0177. The van der Waals surface area contributed by atoms with Gasteiger partial charge in [0.15, 0.2) is 0 Å². The Morgan fingerprint density at radius 1 is 1.25 bits per heavy atom. The molecule has 0 aliphatic carbocycles. The van der Waals surface area contributed by atoms with Gasteiger partial charge < -0.3 is 9.73 Å². The van der Waals surface area contributed by atoms with E-state index in [0.717, 1.165) is 28.0 Å². The van der Waals surface area contributed by atoms with Crippen molar-refractivity contribution in [1.29, 1.82) is 0 Å². The van der Waals surface area contributed by atoms with Crippen LogP contribution in [0.4, 0.5) is 5.69 Å². The molecule has 1 unspecified atom stereocenters. The number of anilines is 1. The number of furan rings is 1. The highest BCUT2D eigenvalue weighted by Gasteiger charge is 2.17. The molecule has 0 saturated carbocycles. The summed E-state index contributed by atoms with van der Waals surface area (Å²) in [7, 11) is 0. The Morgan fingerprint density at radius 2 is 2.05 bits per heavy atom. The van der Waals surface area contributed by atoms with E-state index < -0.39 is 0 Å². The summed E-state index contributed by atoms with van der Waals surface area (Å²) in [6.45, 7) is 4.12. The number of nitrogens with one attached hydrogen (secondary N) is 1. The summed E-state index contributed by atoms with van der Waals surface area (Å²) in [6.07, 6.45) is 3.39. The van der Waals surface area contributed by atoms with Crippen molar-refractivity contribution < 1.29 is 4.42 Å². The normalized spacial score (nSPS) is 12.6. The molecule has 0 bridgehead atoms. The number of benzene rings is 1. The summed E-state index contributed by atoms with van der Waals surface area (Å²) in [5.41, 5.74) is 2.87. The van der Waals surface area contributed by atoms with Gasteiger partial charge in [-0.1, -0.05) is 29.8 Å². The molecule has 20 heavy (non-hydrogen) atoms. The Bertz CT molecular complexity index is 751. The van der Waals surface area contributed by atoms with Crippen LogP contribution in [0.1, 0.15) is 24.3 Å². The fourth-order valence-corrected chi connectivity index (χ4v) is 2.55. The van der Waals surface area contributed by atoms with Gasteiger partial charge in [-0.05, 0) is 26.0 Å². The molecule has 102 valence electrons. The van der Waals surface area contributed by atoms with E-state index in [1.807, 2.05) is 25.1 Å². The van der Waals surface area contributed by atoms with Crippen LogP contribution in [0.5, 0.6) is 0 Å². The van der Waals surface area contributed by atoms with Crippen LogP contribution in [-0.4, -0.2) is 4.98 Å². The lowest BCUT2D eigenvalue weighted by molar-refractivity contribution is 0.522. The van der Waals surface area contributed by atoms with Gasteiger partial charge in [-0.3, -0.25) is 4.98 Å². The molecule has 4 heteroatoms. The quantitative estimate of drug-likeness (QED) is 0.739. The number of para-hydroxylation sites is 1. The van der Waals surface area contributed by atoms with E-state index in [1.165, 1.54) is 0 Å². The zero-order valence-corrected chi connectivity index (χ0v) is 12.1. The van der Waals surface area contributed by atoms with Crippen molar-refractivity contribution in [1.82, 2.24) is 4.98 Å². The molecule has 3 aromatic rings. The van der Waals surface area contributed by atoms with Gasteiger partial charge in [-0.2, -0.15) is 0 Å². The van der Waals surface area contributed by atoms with Crippen molar-refractivity contribution in [2.24, 2.45) is 0 Å². The Balaban J connectivity index is 1.95. The first-order valence-electron chi connectivity index (χ1n) is 6.51. The molecule has 3 nitrogen and oxygen atoms in total. The fourth-order valence-electron chi connectivity index (χ4n) is 2.39. The number of aryl methyl sites for hydroxylation is 1. The van der Waals surface area contributed by atoms with Gasteiger partial charge in [0, 0.05) is 17.1 Å². The lowest BCUT2D eigenvalue weighted by Gasteiger charge is -2.14. The van der Waals surface area contributed by atoms with Crippen molar-refractivity contribution in [2.45, 2.75) is 19.9 Å². The Labute approximate surface area is 122 Å². The monoisotopic (exact) mass is 286 g/mol. The first kappa shape index (κ1) is 13.0. The van der Waals surface area contributed by atoms with Crippen LogP contribution in [-0.2, 0) is 0 Å². The summed E-state index contributed by atoms with van der Waals surface area (Å²) < 4.78 is 5.95. The highest BCUT2D eigenvalue weighted by Crippen LogP contribution is 2.32. The van der Waals surface area contributed by atoms with E-state index in [-0.39, 0.29) is 6.04 Å². The Morgan fingerprint density at radius 3 is 2.80 bits per heavy atom. The second-order valence-electron chi connectivity index (χ2n) is 4.81. The minimum absolute atomic E-state index is 0.0177. The number of pyridine rings is 1. The van der Waals surface area contributed by atoms with Crippen molar-refractivity contribution in [3.05, 3.63) is 59.1 Å². The fraction of sp³-hybridized carbons (Fsp3) is 0.188. The molecule has 0 aliphatic heterocycles. The highest BCUT2D eigenvalue weighted by atomic mass is 35.5. The molecule has 0 fully saturated rings. The number of hydrogen-bond acceptors (Lipinski definition) is 3. The molecular weight excluding hydrogens is 272 g/mol. The van der Waals surface area contributed by atoms with Crippen LogP contribution in [0.3, 0.4) is 0 Å². The topological polar surface area (TPSA) is 38.1 Å². The van der Waals surface area contributed by atoms with Crippen LogP contribution in [0, 0.1) is 6.92 Å². The summed E-state index contributed by atoms with van der Waals surface area (Å²) in [6, 6.07) is 9.83. The molecule has 1 atom stereocenters. The third-order valence-electron chi connectivity index (χ3n) is 3.41. The first-order valence-corrected chi connectivity index (χ1v) is 6.88. The Kier molecular flexibility index (Phi) is 3.36. The number of aromatic nitrogens is 1. The largest absolute Gasteiger partial charge is 0.459 e. The molecule has 3 rings (SSSR count). The zero-order chi connectivity index (χ0) is 14.1. The average Bonchev–Trinajstić information content (AvgIpc) is 2.79. The SMILES string of the molecule is Cc1c(C(C)Nc2cnccc2Cl)oc2ccccc12. The zero-order valence-electron chi connectivity index (χ0n) is 11.4. The molecule has 0 amide bonds. The van der Waals surface area contributed by atoms with Crippen LogP contribution in [0.2, 0.25) is 5.02 Å². The van der Waals surface area contributed by atoms with E-state index >= 15 is 0 Å². The summed E-state index contributed by atoms with van der Waals surface area (Å²) >= 11 is 6.14. The van der Waals surface area contributed by atoms with Crippen molar-refractivity contribution in [3.63, 3.8) is 0 Å². The summed E-state index contributed by atoms with van der Waals surface area (Å²) in [4.78, 5) is 4.08. The van der Waals surface area contributed by atoms with E-state index in [4.69, 9.17) is 16.0 Å². The van der Waals surface area contributed by atoms with Gasteiger partial charge in [0.25, 0.3) is 0 Å². The molecule has 0 saturated heterocycles. The van der Waals surface area contributed by atoms with Gasteiger partial charge in [0.1, 0.15) is 11.3 Å². The maximum atomic E-state index is 6.14. The van der Waals surface area contributed by atoms with Gasteiger partial charge in [-0.25, -0.2) is 0 Å². The molecule has 1 aromatic carbocycles. The molecule has 0 aliphatic rings. The van der Waals surface area contributed by atoms with Crippen LogP contribution < -0.4 is 5.32 Å². The molecule has 2 aromatic heterocycles. The second-order valence-corrected chi connectivity index (χ2v) is 5.22. The third kappa shape index (κ3) is 2.25. The van der Waals surface area contributed by atoms with Gasteiger partial charge in [0.2, 0.25) is 0 Å². The number of fused-ring (bicyclic) bond motifs is 1. The van der Waals surface area contributed by atoms with E-state index in [9.17, 15) is 0 Å². The minimum Gasteiger partial charge on any atom is -0.459 e. The van der Waals surface area contributed by atoms with Crippen molar-refractivity contribution >= 4 is 28.3 Å². The summed E-state index contributed by atoms with van der Waals surface area (Å²) in [5, 5.41) is 5.14. The summed E-state index contributed by atoms with van der Waals surface area (Å²) in [5.74, 6) is 0.922. The average molecular weight is 287 g/mol. The maximum absolute atomic E-state index is 6.14. The first-order chi connectivity index (χ1) is 9.66. The number of nitrogens with zero attached hydrogens (tertiary/aromatic N) is 1.